The van der Waals surface area contributed by atoms with Crippen LogP contribution in [0.15, 0.2) is 18.2 Å². The van der Waals surface area contributed by atoms with Crippen molar-refractivity contribution in [3.8, 4) is 11.5 Å². The van der Waals surface area contributed by atoms with Crippen LogP contribution in [0.1, 0.15) is 5.56 Å². The third-order valence-corrected chi connectivity index (χ3v) is 6.25. The van der Waals surface area contributed by atoms with Crippen molar-refractivity contribution in [2.45, 2.75) is 57.9 Å². The number of hydrogen-bond donors (Lipinski definition) is 0. The molecule has 0 bridgehead atoms. The number of carbonyl (C=O) groups excluding carboxylic acids is 2. The largest absolute Gasteiger partial charge is 0.493 e. The second-order valence-electron chi connectivity index (χ2n) is 9.07. The van der Waals surface area contributed by atoms with Crippen LogP contribution in [0, 0.1) is 0 Å². The molecule has 0 N–H and O–H groups in total. The van der Waals surface area contributed by atoms with Crippen LogP contribution in [0.5, 0.6) is 11.5 Å². The number of likely N-dealkylation sites (tertiary alicyclic amines) is 1. The molecule has 0 aliphatic carbocycles. The molecule has 1 fully saturated rings. The van der Waals surface area contributed by atoms with E-state index in [-0.39, 0.29) is 18.4 Å². The Morgan fingerprint density at radius 1 is 0.828 bits per heavy atom. The molecule has 2 rings (SSSR count). The fourth-order valence-corrected chi connectivity index (χ4v) is 5.13. The summed E-state index contributed by atoms with van der Waals surface area (Å²) in [5.74, 6) is 0.642. The van der Waals surface area contributed by atoms with Crippen LogP contribution in [-0.2, 0) is 24.9 Å². The van der Waals surface area contributed by atoms with Gasteiger partial charge in [0.05, 0.1) is 14.2 Å². The average Bonchev–Trinajstić information content (AvgIpc) is 2.81. The SMILES string of the molecule is COc1ccc(CCN2C(=O)[C@H](O[Si](C)(C)C)[C@@H](O[Si](C)(C)C)C2=O)cc1OC. The van der Waals surface area contributed by atoms with Gasteiger partial charge in [-0.1, -0.05) is 6.07 Å². The van der Waals surface area contributed by atoms with Crippen LogP contribution in [0.3, 0.4) is 0 Å². The van der Waals surface area contributed by atoms with Crippen molar-refractivity contribution in [1.29, 1.82) is 0 Å². The lowest BCUT2D eigenvalue weighted by molar-refractivity contribution is -0.141. The standard InChI is InChI=1S/C20H33NO6Si2/c1-24-15-10-9-14(13-16(15)25-2)11-12-21-19(22)17(26-28(3,4)5)18(20(21)23)27-29(6,7)8/h9-10,13,17-18H,11-12H2,1-8H3/t17-,18-/m1/s1. The van der Waals surface area contributed by atoms with Gasteiger partial charge in [0.15, 0.2) is 40.3 Å². The van der Waals surface area contributed by atoms with E-state index in [1.807, 2.05) is 57.5 Å². The highest BCUT2D eigenvalue weighted by molar-refractivity contribution is 6.70. The number of amides is 2. The lowest BCUT2D eigenvalue weighted by atomic mass is 10.1. The minimum atomic E-state index is -2.04. The molecule has 0 radical (unpaired) electrons. The van der Waals surface area contributed by atoms with Gasteiger partial charge in [-0.3, -0.25) is 14.5 Å². The zero-order chi connectivity index (χ0) is 22.0. The number of ether oxygens (including phenoxy) is 2. The Balaban J connectivity index is 2.19. The molecule has 7 nitrogen and oxygen atoms in total. The van der Waals surface area contributed by atoms with Gasteiger partial charge < -0.3 is 18.3 Å². The minimum Gasteiger partial charge on any atom is -0.493 e. The van der Waals surface area contributed by atoms with Gasteiger partial charge in [-0.25, -0.2) is 0 Å². The van der Waals surface area contributed by atoms with Crippen molar-refractivity contribution >= 4 is 28.4 Å². The summed E-state index contributed by atoms with van der Waals surface area (Å²) >= 11 is 0. The summed E-state index contributed by atoms with van der Waals surface area (Å²) in [4.78, 5) is 27.3. The molecule has 1 aromatic rings. The van der Waals surface area contributed by atoms with Gasteiger partial charge in [-0.05, 0) is 63.4 Å². The lowest BCUT2D eigenvalue weighted by Gasteiger charge is -2.28. The van der Waals surface area contributed by atoms with E-state index in [1.165, 1.54) is 4.90 Å². The summed E-state index contributed by atoms with van der Waals surface area (Å²) in [6.45, 7) is 12.3. The molecule has 162 valence electrons. The maximum absolute atomic E-state index is 13.0. The fourth-order valence-electron chi connectivity index (χ4n) is 3.16. The van der Waals surface area contributed by atoms with Crippen LogP contribution in [-0.4, -0.2) is 66.3 Å². The first-order valence-corrected chi connectivity index (χ1v) is 16.6. The number of hydrogen-bond acceptors (Lipinski definition) is 6. The molecule has 0 saturated carbocycles. The molecule has 2 atom stereocenters. The number of benzene rings is 1. The van der Waals surface area contributed by atoms with Crippen LogP contribution in [0.4, 0.5) is 0 Å². The van der Waals surface area contributed by atoms with Gasteiger partial charge in [0.1, 0.15) is 0 Å². The molecule has 1 aromatic carbocycles. The zero-order valence-electron chi connectivity index (χ0n) is 18.7. The minimum absolute atomic E-state index is 0.268. The van der Waals surface area contributed by atoms with Crippen molar-refractivity contribution in [3.63, 3.8) is 0 Å². The molecule has 2 amide bonds. The molecular formula is C20H33NO6Si2. The second-order valence-corrected chi connectivity index (χ2v) is 18.0. The van der Waals surface area contributed by atoms with E-state index in [0.29, 0.717) is 17.9 Å². The number of methoxy groups -OCH3 is 2. The predicted octanol–water partition coefficient (Wildman–Crippen LogP) is 3.06. The zero-order valence-corrected chi connectivity index (χ0v) is 20.7. The summed E-state index contributed by atoms with van der Waals surface area (Å²) in [5, 5.41) is 0. The van der Waals surface area contributed by atoms with Crippen molar-refractivity contribution in [2.24, 2.45) is 0 Å². The van der Waals surface area contributed by atoms with Gasteiger partial charge in [0.2, 0.25) is 0 Å². The third-order valence-electron chi connectivity index (χ3n) is 4.33. The molecule has 29 heavy (non-hydrogen) atoms. The number of carbonyl (C=O) groups is 2. The van der Waals surface area contributed by atoms with Crippen molar-refractivity contribution in [3.05, 3.63) is 23.8 Å². The van der Waals surface area contributed by atoms with Crippen molar-refractivity contribution < 1.29 is 27.9 Å². The lowest BCUT2D eigenvalue weighted by Crippen LogP contribution is -2.46. The Bertz CT molecular complexity index is 722. The first kappa shape index (κ1) is 23.6. The molecule has 1 saturated heterocycles. The van der Waals surface area contributed by atoms with E-state index < -0.39 is 28.8 Å². The summed E-state index contributed by atoms with van der Waals surface area (Å²) < 4.78 is 22.7. The quantitative estimate of drug-likeness (QED) is 0.435. The molecular weight excluding hydrogens is 406 g/mol. The maximum Gasteiger partial charge on any atom is 0.260 e. The van der Waals surface area contributed by atoms with Crippen molar-refractivity contribution in [2.75, 3.05) is 20.8 Å². The predicted molar refractivity (Wildman–Crippen MR) is 116 cm³/mol. The van der Waals surface area contributed by atoms with E-state index >= 15 is 0 Å². The topological polar surface area (TPSA) is 74.3 Å². The molecule has 0 unspecified atom stereocenters. The summed E-state index contributed by atoms with van der Waals surface area (Å²) in [6.07, 6.45) is -1.20. The summed E-state index contributed by atoms with van der Waals surface area (Å²) in [6, 6.07) is 5.57. The number of nitrogens with zero attached hydrogens (tertiary/aromatic N) is 1. The van der Waals surface area contributed by atoms with E-state index in [1.54, 1.807) is 14.2 Å². The van der Waals surface area contributed by atoms with E-state index in [4.69, 9.17) is 18.3 Å². The van der Waals surface area contributed by atoms with Gasteiger partial charge in [-0.15, -0.1) is 0 Å². The summed E-state index contributed by atoms with van der Waals surface area (Å²) in [7, 11) is -0.935. The molecule has 0 aromatic heterocycles. The smallest absolute Gasteiger partial charge is 0.260 e. The monoisotopic (exact) mass is 439 g/mol. The molecule has 0 spiro atoms. The Morgan fingerprint density at radius 3 is 1.72 bits per heavy atom. The normalized spacial score (nSPS) is 20.3. The van der Waals surface area contributed by atoms with E-state index in [2.05, 4.69) is 0 Å². The van der Waals surface area contributed by atoms with Gasteiger partial charge >= 0.3 is 0 Å². The average molecular weight is 440 g/mol. The van der Waals surface area contributed by atoms with Crippen LogP contribution in [0.2, 0.25) is 39.3 Å². The van der Waals surface area contributed by atoms with E-state index in [0.717, 1.165) is 5.56 Å². The van der Waals surface area contributed by atoms with Gasteiger partial charge in [0.25, 0.3) is 11.8 Å². The molecule has 1 aliphatic rings. The highest BCUT2D eigenvalue weighted by Gasteiger charge is 2.51. The van der Waals surface area contributed by atoms with Crippen LogP contribution >= 0.6 is 0 Å². The Kier molecular flexibility index (Phi) is 7.31. The number of imide groups is 1. The second kappa shape index (κ2) is 8.99. The molecule has 1 aliphatic heterocycles. The maximum atomic E-state index is 13.0. The van der Waals surface area contributed by atoms with Crippen LogP contribution in [0.25, 0.3) is 0 Å². The highest BCUT2D eigenvalue weighted by Crippen LogP contribution is 2.29. The Labute approximate surface area is 175 Å². The van der Waals surface area contributed by atoms with Gasteiger partial charge in [-0.2, -0.15) is 0 Å². The van der Waals surface area contributed by atoms with E-state index in [9.17, 15) is 9.59 Å². The summed E-state index contributed by atoms with van der Waals surface area (Å²) in [5.41, 5.74) is 0.945. The molecule has 9 heteroatoms. The first-order chi connectivity index (χ1) is 13.4. The van der Waals surface area contributed by atoms with Gasteiger partial charge in [0, 0.05) is 6.54 Å². The third kappa shape index (κ3) is 6.14. The first-order valence-electron chi connectivity index (χ1n) is 9.78. The Hall–Kier alpha value is -1.69. The Morgan fingerprint density at radius 2 is 1.31 bits per heavy atom. The van der Waals surface area contributed by atoms with Crippen LogP contribution < -0.4 is 9.47 Å². The van der Waals surface area contributed by atoms with Crippen molar-refractivity contribution in [1.82, 2.24) is 4.90 Å². The highest BCUT2D eigenvalue weighted by atomic mass is 28.4. The number of rotatable bonds is 9. The molecule has 1 heterocycles. The fraction of sp³-hybridized carbons (Fsp3) is 0.600.